The van der Waals surface area contributed by atoms with Crippen molar-refractivity contribution in [2.45, 2.75) is 12.2 Å². The molecule has 1 aromatic rings. The van der Waals surface area contributed by atoms with Gasteiger partial charge < -0.3 is 14.4 Å². The van der Waals surface area contributed by atoms with E-state index in [1.807, 2.05) is 0 Å². The second-order valence-corrected chi connectivity index (χ2v) is 4.32. The number of anilines is 1. The average molecular weight is 289 g/mol. The summed E-state index contributed by atoms with van der Waals surface area (Å²) < 4.78 is 48.9. The summed E-state index contributed by atoms with van der Waals surface area (Å²) in [6, 6.07) is 4.31. The van der Waals surface area contributed by atoms with Gasteiger partial charge in [-0.05, 0) is 12.1 Å². The smallest absolute Gasteiger partial charge is 0.418 e. The summed E-state index contributed by atoms with van der Waals surface area (Å²) in [5.41, 5.74) is -0.797. The van der Waals surface area contributed by atoms with Crippen LogP contribution in [0.4, 0.5) is 18.9 Å². The molecule has 4 nitrogen and oxygen atoms in total. The molecule has 0 saturated carbocycles. The lowest BCUT2D eigenvalue weighted by molar-refractivity contribution is -0.145. The van der Waals surface area contributed by atoms with E-state index in [4.69, 9.17) is 4.74 Å². The molecule has 1 saturated heterocycles. The molecule has 0 aliphatic carbocycles. The molecule has 2 rings (SSSR count). The second kappa shape index (κ2) is 5.70. The van der Waals surface area contributed by atoms with Gasteiger partial charge in [0.25, 0.3) is 0 Å². The van der Waals surface area contributed by atoms with E-state index in [0.29, 0.717) is 0 Å². The van der Waals surface area contributed by atoms with Crippen molar-refractivity contribution in [2.75, 3.05) is 31.8 Å². The first kappa shape index (κ1) is 14.6. The van der Waals surface area contributed by atoms with E-state index >= 15 is 0 Å². The van der Waals surface area contributed by atoms with E-state index in [1.165, 1.54) is 30.2 Å². The van der Waals surface area contributed by atoms with Gasteiger partial charge >= 0.3 is 12.1 Å². The monoisotopic (exact) mass is 289 g/mol. The number of para-hydroxylation sites is 1. The Balaban J connectivity index is 2.40. The number of ether oxygens (including phenoxy) is 2. The van der Waals surface area contributed by atoms with E-state index < -0.39 is 23.8 Å². The molecular weight excluding hydrogens is 275 g/mol. The topological polar surface area (TPSA) is 38.8 Å². The average Bonchev–Trinajstić information content (AvgIpc) is 2.45. The zero-order chi connectivity index (χ0) is 14.8. The van der Waals surface area contributed by atoms with E-state index in [0.717, 1.165) is 6.07 Å². The minimum absolute atomic E-state index is 0.0128. The van der Waals surface area contributed by atoms with Gasteiger partial charge in [0, 0.05) is 12.2 Å². The number of nitrogens with zero attached hydrogens (tertiary/aromatic N) is 1. The lowest BCUT2D eigenvalue weighted by Gasteiger charge is -2.36. The molecule has 7 heteroatoms. The van der Waals surface area contributed by atoms with E-state index in [1.54, 1.807) is 0 Å². The van der Waals surface area contributed by atoms with Crippen molar-refractivity contribution in [3.05, 3.63) is 29.8 Å². The number of rotatable bonds is 2. The quantitative estimate of drug-likeness (QED) is 0.781. The summed E-state index contributed by atoms with van der Waals surface area (Å²) in [5, 5.41) is 0. The maximum Gasteiger partial charge on any atom is 0.418 e. The molecule has 1 unspecified atom stereocenters. The lowest BCUT2D eigenvalue weighted by Crippen LogP contribution is -2.51. The van der Waals surface area contributed by atoms with Crippen LogP contribution in [0.25, 0.3) is 0 Å². The summed E-state index contributed by atoms with van der Waals surface area (Å²) in [7, 11) is 1.20. The molecular formula is C13H14F3NO3. The van der Waals surface area contributed by atoms with Crippen LogP contribution in [0.15, 0.2) is 24.3 Å². The van der Waals surface area contributed by atoms with Crippen molar-refractivity contribution in [3.8, 4) is 0 Å². The number of benzene rings is 1. The van der Waals surface area contributed by atoms with Crippen molar-refractivity contribution in [1.29, 1.82) is 0 Å². The second-order valence-electron chi connectivity index (χ2n) is 4.32. The lowest BCUT2D eigenvalue weighted by atomic mass is 10.1. The minimum Gasteiger partial charge on any atom is -0.467 e. The fourth-order valence-corrected chi connectivity index (χ4v) is 2.19. The fourth-order valence-electron chi connectivity index (χ4n) is 2.19. The van der Waals surface area contributed by atoms with Crippen LogP contribution in [0.3, 0.4) is 0 Å². The number of morpholine rings is 1. The van der Waals surface area contributed by atoms with Crippen LogP contribution in [-0.4, -0.2) is 38.9 Å². The Morgan fingerprint density at radius 2 is 2.10 bits per heavy atom. The van der Waals surface area contributed by atoms with Crippen LogP contribution < -0.4 is 4.90 Å². The van der Waals surface area contributed by atoms with E-state index in [-0.39, 0.29) is 25.4 Å². The summed E-state index contributed by atoms with van der Waals surface area (Å²) in [4.78, 5) is 13.1. The van der Waals surface area contributed by atoms with Gasteiger partial charge in [-0.3, -0.25) is 0 Å². The first-order chi connectivity index (χ1) is 9.45. The molecule has 20 heavy (non-hydrogen) atoms. The number of carbonyl (C=O) groups excluding carboxylic acids is 1. The Morgan fingerprint density at radius 1 is 1.40 bits per heavy atom. The molecule has 1 fully saturated rings. The van der Waals surface area contributed by atoms with Crippen molar-refractivity contribution >= 4 is 11.7 Å². The van der Waals surface area contributed by atoms with Gasteiger partial charge in [-0.25, -0.2) is 4.79 Å². The Morgan fingerprint density at radius 3 is 2.75 bits per heavy atom. The number of carbonyl (C=O) groups is 1. The van der Waals surface area contributed by atoms with Crippen LogP contribution in [0.1, 0.15) is 5.56 Å². The zero-order valence-electron chi connectivity index (χ0n) is 10.8. The predicted octanol–water partition coefficient (Wildman–Crippen LogP) is 2.08. The molecule has 0 N–H and O–H groups in total. The highest BCUT2D eigenvalue weighted by molar-refractivity contribution is 5.81. The molecule has 0 bridgehead atoms. The van der Waals surface area contributed by atoms with Crippen LogP contribution in [-0.2, 0) is 20.4 Å². The van der Waals surface area contributed by atoms with Crippen molar-refractivity contribution < 1.29 is 27.4 Å². The Labute approximate surface area is 114 Å². The molecule has 1 aliphatic rings. The van der Waals surface area contributed by atoms with Gasteiger partial charge in [0.15, 0.2) is 6.04 Å². The molecule has 1 aliphatic heterocycles. The van der Waals surface area contributed by atoms with Crippen molar-refractivity contribution in [1.82, 2.24) is 0 Å². The number of hydrogen-bond acceptors (Lipinski definition) is 4. The van der Waals surface area contributed by atoms with Gasteiger partial charge in [0.05, 0.1) is 25.9 Å². The maximum atomic E-state index is 13.0. The highest BCUT2D eigenvalue weighted by Gasteiger charge is 2.38. The highest BCUT2D eigenvalue weighted by Crippen LogP contribution is 2.37. The third kappa shape index (κ3) is 2.87. The third-order valence-corrected chi connectivity index (χ3v) is 3.12. The molecule has 0 spiro atoms. The highest BCUT2D eigenvalue weighted by atomic mass is 19.4. The number of hydrogen-bond donors (Lipinski definition) is 0. The molecule has 0 radical (unpaired) electrons. The number of alkyl halides is 3. The van der Waals surface area contributed by atoms with Gasteiger partial charge in [-0.2, -0.15) is 13.2 Å². The van der Waals surface area contributed by atoms with Crippen LogP contribution >= 0.6 is 0 Å². The van der Waals surface area contributed by atoms with Crippen molar-refractivity contribution in [2.24, 2.45) is 0 Å². The van der Waals surface area contributed by atoms with E-state index in [9.17, 15) is 18.0 Å². The van der Waals surface area contributed by atoms with Crippen LogP contribution in [0, 0.1) is 0 Å². The fraction of sp³-hybridized carbons (Fsp3) is 0.462. The van der Waals surface area contributed by atoms with Gasteiger partial charge in [0.2, 0.25) is 0 Å². The Hall–Kier alpha value is -1.76. The van der Waals surface area contributed by atoms with Gasteiger partial charge in [-0.15, -0.1) is 0 Å². The first-order valence-corrected chi connectivity index (χ1v) is 6.03. The normalized spacial score (nSPS) is 19.8. The first-order valence-electron chi connectivity index (χ1n) is 6.03. The molecule has 110 valence electrons. The van der Waals surface area contributed by atoms with Crippen LogP contribution in [0.5, 0.6) is 0 Å². The molecule has 1 atom stereocenters. The summed E-state index contributed by atoms with van der Waals surface area (Å²) in [6.45, 7) is 0.478. The molecule has 0 aromatic heterocycles. The number of halogens is 3. The van der Waals surface area contributed by atoms with E-state index in [2.05, 4.69) is 4.74 Å². The predicted molar refractivity (Wildman–Crippen MR) is 65.4 cm³/mol. The van der Waals surface area contributed by atoms with Crippen LogP contribution in [0.2, 0.25) is 0 Å². The Kier molecular flexibility index (Phi) is 4.17. The standard InChI is InChI=1S/C13H14F3NO3/c1-19-12(18)11-8-20-7-6-17(11)10-5-3-2-4-9(10)13(14,15)16/h2-5,11H,6-8H2,1H3. The molecule has 1 aromatic carbocycles. The minimum atomic E-state index is -4.48. The summed E-state index contributed by atoms with van der Waals surface area (Å²) in [6.07, 6.45) is -4.48. The summed E-state index contributed by atoms with van der Waals surface area (Å²) in [5.74, 6) is -0.610. The maximum absolute atomic E-state index is 13.0. The molecule has 1 heterocycles. The largest absolute Gasteiger partial charge is 0.467 e. The SMILES string of the molecule is COC(=O)C1COCCN1c1ccccc1C(F)(F)F. The molecule has 0 amide bonds. The van der Waals surface area contributed by atoms with Gasteiger partial charge in [-0.1, -0.05) is 12.1 Å². The Bertz CT molecular complexity index is 490. The number of esters is 1. The number of methoxy groups -OCH3 is 1. The zero-order valence-corrected chi connectivity index (χ0v) is 10.8. The van der Waals surface area contributed by atoms with Gasteiger partial charge in [0.1, 0.15) is 0 Å². The summed E-state index contributed by atoms with van der Waals surface area (Å²) >= 11 is 0. The third-order valence-electron chi connectivity index (χ3n) is 3.12. The van der Waals surface area contributed by atoms with Crippen molar-refractivity contribution in [3.63, 3.8) is 0 Å².